The average Bonchev–Trinajstić information content (AvgIpc) is 2.87. The number of hydrogen-bond donors (Lipinski definition) is 3. The molecule has 1 aliphatic rings. The Labute approximate surface area is 171 Å². The average molecular weight is 396 g/mol. The van der Waals surface area contributed by atoms with Crippen molar-refractivity contribution >= 4 is 11.8 Å². The minimum atomic E-state index is -0.598. The first-order chi connectivity index (χ1) is 13.9. The number of aromatic nitrogens is 1. The van der Waals surface area contributed by atoms with Crippen LogP contribution in [0.15, 0.2) is 48.5 Å². The third-order valence-electron chi connectivity index (χ3n) is 5.80. The van der Waals surface area contributed by atoms with Gasteiger partial charge in [-0.05, 0) is 50.3 Å². The van der Waals surface area contributed by atoms with Crippen LogP contribution in [0, 0.1) is 6.92 Å². The lowest BCUT2D eigenvalue weighted by atomic mass is 9.74. The molecule has 6 heteroatoms. The van der Waals surface area contributed by atoms with E-state index in [1.807, 2.05) is 37.3 Å². The Kier molecular flexibility index (Phi) is 6.64. The number of aryl methyl sites for hydroxylation is 1. The van der Waals surface area contributed by atoms with Crippen molar-refractivity contribution in [3.63, 3.8) is 0 Å². The lowest BCUT2D eigenvalue weighted by Gasteiger charge is -2.34. The minimum absolute atomic E-state index is 0.139. The van der Waals surface area contributed by atoms with E-state index >= 15 is 0 Å². The van der Waals surface area contributed by atoms with Gasteiger partial charge in [0, 0.05) is 24.6 Å². The van der Waals surface area contributed by atoms with Crippen molar-refractivity contribution < 1.29 is 14.7 Å². The number of hydrogen-bond acceptors (Lipinski definition) is 4. The van der Waals surface area contributed by atoms with E-state index in [9.17, 15) is 14.7 Å². The number of nitrogens with zero attached hydrogens (tertiary/aromatic N) is 1. The predicted octanol–water partition coefficient (Wildman–Crippen LogP) is 2.50. The highest BCUT2D eigenvalue weighted by molar-refractivity contribution is 5.92. The molecule has 0 aliphatic heterocycles. The fourth-order valence-corrected chi connectivity index (χ4v) is 4.17. The number of carbonyl (C=O) groups is 2. The van der Waals surface area contributed by atoms with Gasteiger partial charge < -0.3 is 15.7 Å². The topological polar surface area (TPSA) is 91.3 Å². The van der Waals surface area contributed by atoms with Gasteiger partial charge in [-0.2, -0.15) is 0 Å². The number of carbonyl (C=O) groups excluding carboxylic acids is 2. The molecule has 29 heavy (non-hydrogen) atoms. The Morgan fingerprint density at radius 1 is 1.10 bits per heavy atom. The predicted molar refractivity (Wildman–Crippen MR) is 112 cm³/mol. The minimum Gasteiger partial charge on any atom is -0.391 e. The molecule has 1 heterocycles. The number of amides is 2. The van der Waals surface area contributed by atoms with Gasteiger partial charge in [-0.25, -0.2) is 4.98 Å². The highest BCUT2D eigenvalue weighted by Gasteiger charge is 2.38. The second-order valence-electron chi connectivity index (χ2n) is 7.94. The zero-order valence-electron chi connectivity index (χ0n) is 17.0. The maximum atomic E-state index is 12.7. The molecule has 2 amide bonds. The van der Waals surface area contributed by atoms with Gasteiger partial charge in [0.05, 0.1) is 12.1 Å². The molecule has 3 N–H and O–H groups in total. The summed E-state index contributed by atoms with van der Waals surface area (Å²) in [6, 6.07) is 15.2. The van der Waals surface area contributed by atoms with E-state index in [4.69, 9.17) is 0 Å². The van der Waals surface area contributed by atoms with E-state index in [0.717, 1.165) is 24.1 Å². The number of pyridine rings is 1. The van der Waals surface area contributed by atoms with Crippen molar-refractivity contribution in [2.75, 3.05) is 6.54 Å². The molecule has 1 fully saturated rings. The Bertz CT molecular complexity index is 855. The largest absolute Gasteiger partial charge is 0.391 e. The molecule has 1 aromatic carbocycles. The van der Waals surface area contributed by atoms with Gasteiger partial charge in [0.25, 0.3) is 5.91 Å². The van der Waals surface area contributed by atoms with Crippen LogP contribution in [0.25, 0.3) is 0 Å². The van der Waals surface area contributed by atoms with E-state index in [-0.39, 0.29) is 23.3 Å². The van der Waals surface area contributed by atoms with Crippen LogP contribution in [0.3, 0.4) is 0 Å². The Hall–Kier alpha value is -2.73. The molecule has 1 aliphatic carbocycles. The highest BCUT2D eigenvalue weighted by atomic mass is 16.3. The summed E-state index contributed by atoms with van der Waals surface area (Å²) in [7, 11) is 0. The molecule has 3 atom stereocenters. The molecule has 154 valence electrons. The molecule has 0 bridgehead atoms. The van der Waals surface area contributed by atoms with Crippen LogP contribution in [0.2, 0.25) is 0 Å². The summed E-state index contributed by atoms with van der Waals surface area (Å²) in [6.45, 7) is 3.78. The van der Waals surface area contributed by atoms with Crippen molar-refractivity contribution in [3.05, 3.63) is 65.5 Å². The molecule has 0 spiro atoms. The molecule has 2 aromatic rings. The molecular weight excluding hydrogens is 366 g/mol. The van der Waals surface area contributed by atoms with Gasteiger partial charge in [-0.15, -0.1) is 0 Å². The van der Waals surface area contributed by atoms with Gasteiger partial charge in [0.1, 0.15) is 5.69 Å². The van der Waals surface area contributed by atoms with Crippen molar-refractivity contribution in [2.24, 2.45) is 0 Å². The molecule has 0 saturated heterocycles. The zero-order valence-corrected chi connectivity index (χ0v) is 17.0. The van der Waals surface area contributed by atoms with Gasteiger partial charge in [-0.1, -0.05) is 36.4 Å². The molecule has 3 rings (SSSR count). The van der Waals surface area contributed by atoms with Crippen molar-refractivity contribution in [1.29, 1.82) is 0 Å². The summed E-state index contributed by atoms with van der Waals surface area (Å²) >= 11 is 0. The summed E-state index contributed by atoms with van der Waals surface area (Å²) in [5.41, 5.74) is 2.02. The highest BCUT2D eigenvalue weighted by Crippen LogP contribution is 2.38. The van der Waals surface area contributed by atoms with Crippen LogP contribution in [0.4, 0.5) is 0 Å². The van der Waals surface area contributed by atoms with Gasteiger partial charge >= 0.3 is 0 Å². The summed E-state index contributed by atoms with van der Waals surface area (Å²) in [4.78, 5) is 28.5. The van der Waals surface area contributed by atoms with E-state index in [1.54, 1.807) is 6.07 Å². The van der Waals surface area contributed by atoms with E-state index < -0.39 is 6.10 Å². The third kappa shape index (κ3) is 5.21. The molecular formula is C23H29N3O3. The van der Waals surface area contributed by atoms with Crippen LogP contribution in [-0.2, 0) is 10.2 Å². The van der Waals surface area contributed by atoms with Gasteiger partial charge in [0.2, 0.25) is 5.91 Å². The van der Waals surface area contributed by atoms with Gasteiger partial charge in [-0.3, -0.25) is 9.59 Å². The van der Waals surface area contributed by atoms with Crippen LogP contribution >= 0.6 is 0 Å². The summed E-state index contributed by atoms with van der Waals surface area (Å²) < 4.78 is 0. The first kappa shape index (κ1) is 21.0. The number of rotatable bonds is 5. The van der Waals surface area contributed by atoms with Crippen LogP contribution < -0.4 is 10.6 Å². The smallest absolute Gasteiger partial charge is 0.269 e. The molecule has 0 unspecified atom stereocenters. The lowest BCUT2D eigenvalue weighted by molar-refractivity contribution is -0.120. The van der Waals surface area contributed by atoms with E-state index in [2.05, 4.69) is 27.8 Å². The number of nitrogens with one attached hydrogen (secondary N) is 2. The fraction of sp³-hybridized carbons (Fsp3) is 0.435. The number of benzene rings is 1. The fourth-order valence-electron chi connectivity index (χ4n) is 4.17. The summed E-state index contributed by atoms with van der Waals surface area (Å²) in [6.07, 6.45) is 2.07. The number of aliphatic hydroxyl groups excluding tert-OH is 1. The first-order valence-electron chi connectivity index (χ1n) is 10.1. The van der Waals surface area contributed by atoms with Crippen molar-refractivity contribution in [1.82, 2.24) is 15.6 Å². The second-order valence-corrected chi connectivity index (χ2v) is 7.94. The van der Waals surface area contributed by atoms with Crippen molar-refractivity contribution in [3.8, 4) is 0 Å². The van der Waals surface area contributed by atoms with E-state index in [0.29, 0.717) is 25.1 Å². The first-order valence-corrected chi connectivity index (χ1v) is 10.1. The van der Waals surface area contributed by atoms with Crippen LogP contribution in [0.1, 0.15) is 54.4 Å². The summed E-state index contributed by atoms with van der Waals surface area (Å²) in [5.74, 6) is -0.340. The Morgan fingerprint density at radius 3 is 2.52 bits per heavy atom. The van der Waals surface area contributed by atoms with Crippen LogP contribution in [0.5, 0.6) is 0 Å². The Balaban J connectivity index is 1.81. The maximum Gasteiger partial charge on any atom is 0.269 e. The molecule has 0 radical (unpaired) electrons. The SMILES string of the molecule is CC(=O)N[C@H]1CC[C@](CNC(=O)c2cccc(C)n2)(c2ccccc2)CC[C@@H]1O. The monoisotopic (exact) mass is 395 g/mol. The maximum absolute atomic E-state index is 12.7. The zero-order chi connectivity index (χ0) is 20.9. The van der Waals surface area contributed by atoms with Gasteiger partial charge in [0.15, 0.2) is 0 Å². The van der Waals surface area contributed by atoms with E-state index in [1.165, 1.54) is 6.92 Å². The normalized spacial score (nSPS) is 24.4. The number of aliphatic hydroxyl groups is 1. The molecule has 6 nitrogen and oxygen atoms in total. The standard InChI is InChI=1S/C23H29N3O3/c1-16-7-6-10-20(25-16)22(29)24-15-23(18-8-4-3-5-9-18)13-11-19(26-17(2)27)21(28)12-14-23/h3-10,19,21,28H,11-15H2,1-2H3,(H,24,29)(H,26,27)/t19-,21-,23-/m0/s1. The second kappa shape index (κ2) is 9.18. The lowest BCUT2D eigenvalue weighted by Crippen LogP contribution is -2.42. The van der Waals surface area contributed by atoms with Crippen molar-refractivity contribution in [2.45, 2.75) is 57.1 Å². The quantitative estimate of drug-likeness (QED) is 0.679. The Morgan fingerprint density at radius 2 is 1.83 bits per heavy atom. The summed E-state index contributed by atoms with van der Waals surface area (Å²) in [5, 5.41) is 16.5. The molecule has 1 saturated carbocycles. The third-order valence-corrected chi connectivity index (χ3v) is 5.80. The van der Waals surface area contributed by atoms with Crippen LogP contribution in [-0.4, -0.2) is 40.6 Å². The molecule has 1 aromatic heterocycles.